The van der Waals surface area contributed by atoms with Crippen molar-refractivity contribution < 1.29 is 14.3 Å². The smallest absolute Gasteiger partial charge is 0.227 e. The zero-order valence-corrected chi connectivity index (χ0v) is 12.8. The van der Waals surface area contributed by atoms with Crippen LogP contribution in [0.25, 0.3) is 0 Å². The lowest BCUT2D eigenvalue weighted by Gasteiger charge is -2.25. The fraction of sp³-hybridized carbons (Fsp3) is 0.312. The largest absolute Gasteiger partial charge is 0.384 e. The monoisotopic (exact) mass is 307 g/mol. The van der Waals surface area contributed by atoms with Crippen LogP contribution in [0.2, 0.25) is 0 Å². The molecule has 2 unspecified atom stereocenters. The van der Waals surface area contributed by atoms with E-state index in [2.05, 4.69) is 5.32 Å². The molecular weight excluding hydrogens is 289 g/mol. The topological polar surface area (TPSA) is 49.3 Å². The number of rotatable bonds is 5. The summed E-state index contributed by atoms with van der Waals surface area (Å²) in [7, 11) is 0. The minimum Gasteiger partial charge on any atom is -0.384 e. The van der Waals surface area contributed by atoms with E-state index in [0.717, 1.165) is 5.56 Å². The minimum absolute atomic E-state index is 0.0753. The molecule has 1 aromatic carbocycles. The number of hydrogen-bond acceptors (Lipinski definition) is 3. The maximum atomic E-state index is 12.9. The molecule has 0 aliphatic carbocycles. The first kappa shape index (κ1) is 15.7. The molecule has 0 spiro atoms. The molecule has 2 N–H and O–H groups in total. The molecular formula is C16H18FNO2S. The van der Waals surface area contributed by atoms with Crippen molar-refractivity contribution in [1.29, 1.82) is 0 Å². The molecule has 0 aliphatic rings. The molecule has 0 saturated heterocycles. The van der Waals surface area contributed by atoms with E-state index < -0.39 is 5.60 Å². The summed E-state index contributed by atoms with van der Waals surface area (Å²) >= 11 is 1.54. The number of amides is 1. The number of benzene rings is 1. The van der Waals surface area contributed by atoms with Crippen molar-refractivity contribution >= 4 is 17.2 Å². The molecule has 112 valence electrons. The Morgan fingerprint density at radius 3 is 2.62 bits per heavy atom. The Labute approximate surface area is 127 Å². The molecule has 2 atom stereocenters. The van der Waals surface area contributed by atoms with E-state index >= 15 is 0 Å². The molecule has 1 amide bonds. The van der Waals surface area contributed by atoms with E-state index in [4.69, 9.17) is 0 Å². The van der Waals surface area contributed by atoms with Crippen molar-refractivity contribution in [1.82, 2.24) is 5.32 Å². The van der Waals surface area contributed by atoms with Crippen LogP contribution in [-0.4, -0.2) is 17.6 Å². The van der Waals surface area contributed by atoms with Gasteiger partial charge in [-0.2, -0.15) is 11.3 Å². The van der Waals surface area contributed by atoms with Gasteiger partial charge in [0.15, 0.2) is 0 Å². The summed E-state index contributed by atoms with van der Waals surface area (Å²) in [6, 6.07) is 7.53. The quantitative estimate of drug-likeness (QED) is 0.892. The Morgan fingerprint density at radius 2 is 2.05 bits per heavy atom. The van der Waals surface area contributed by atoms with Gasteiger partial charge < -0.3 is 10.4 Å². The van der Waals surface area contributed by atoms with Gasteiger partial charge in [-0.05, 0) is 53.9 Å². The second-order valence-corrected chi connectivity index (χ2v) is 6.06. The molecule has 0 fully saturated rings. The highest BCUT2D eigenvalue weighted by Crippen LogP contribution is 2.21. The van der Waals surface area contributed by atoms with Gasteiger partial charge in [-0.15, -0.1) is 0 Å². The number of thiophene rings is 1. The first-order valence-electron chi connectivity index (χ1n) is 6.68. The Hall–Kier alpha value is -1.72. The van der Waals surface area contributed by atoms with Crippen LogP contribution in [0.15, 0.2) is 41.1 Å². The molecule has 5 heteroatoms. The van der Waals surface area contributed by atoms with Crippen molar-refractivity contribution in [3.05, 3.63) is 58.0 Å². The van der Waals surface area contributed by atoms with Crippen LogP contribution in [0.3, 0.4) is 0 Å². The summed E-state index contributed by atoms with van der Waals surface area (Å²) in [5.41, 5.74) is 0.281. The van der Waals surface area contributed by atoms with Gasteiger partial charge in [0.05, 0.1) is 12.5 Å². The summed E-state index contributed by atoms with van der Waals surface area (Å²) in [5, 5.41) is 17.0. The molecule has 0 radical (unpaired) electrons. The van der Waals surface area contributed by atoms with Crippen LogP contribution in [0.5, 0.6) is 0 Å². The van der Waals surface area contributed by atoms with Crippen molar-refractivity contribution in [2.24, 2.45) is 0 Å². The summed E-state index contributed by atoms with van der Waals surface area (Å²) in [5.74, 6) is -0.763. The fourth-order valence-corrected chi connectivity index (χ4v) is 2.75. The van der Waals surface area contributed by atoms with Gasteiger partial charge in [-0.25, -0.2) is 4.39 Å². The molecule has 0 bridgehead atoms. The number of carbonyl (C=O) groups excluding carboxylic acids is 1. The SMILES string of the molecule is CC(C(=O)NCC(C)(O)c1ccc(F)cc1)c1ccsc1. The molecule has 0 aliphatic heterocycles. The van der Waals surface area contributed by atoms with E-state index in [1.807, 2.05) is 23.8 Å². The number of halogens is 1. The van der Waals surface area contributed by atoms with Crippen molar-refractivity contribution in [3.8, 4) is 0 Å². The van der Waals surface area contributed by atoms with Crippen molar-refractivity contribution in [2.45, 2.75) is 25.4 Å². The predicted molar refractivity (Wildman–Crippen MR) is 81.7 cm³/mol. The molecule has 0 saturated carbocycles. The predicted octanol–water partition coefficient (Wildman–Crippen LogP) is 3.01. The fourth-order valence-electron chi connectivity index (χ4n) is 2.00. The van der Waals surface area contributed by atoms with Crippen molar-refractivity contribution in [3.63, 3.8) is 0 Å². The van der Waals surface area contributed by atoms with Crippen LogP contribution in [0.1, 0.15) is 30.9 Å². The van der Waals surface area contributed by atoms with E-state index in [-0.39, 0.29) is 24.2 Å². The number of nitrogens with one attached hydrogen (secondary N) is 1. The number of carbonyl (C=O) groups is 1. The third kappa shape index (κ3) is 3.89. The van der Waals surface area contributed by atoms with Gasteiger partial charge in [-0.1, -0.05) is 12.1 Å². The Balaban J connectivity index is 1.98. The summed E-state index contributed by atoms with van der Waals surface area (Å²) in [4.78, 5) is 12.1. The third-order valence-corrected chi connectivity index (χ3v) is 4.21. The van der Waals surface area contributed by atoms with Crippen LogP contribution >= 0.6 is 11.3 Å². The van der Waals surface area contributed by atoms with E-state index in [0.29, 0.717) is 5.56 Å². The maximum absolute atomic E-state index is 12.9. The van der Waals surface area contributed by atoms with Gasteiger partial charge >= 0.3 is 0 Å². The van der Waals surface area contributed by atoms with Gasteiger partial charge in [0, 0.05) is 0 Å². The van der Waals surface area contributed by atoms with E-state index in [1.54, 1.807) is 18.3 Å². The molecule has 2 aromatic rings. The second kappa shape index (κ2) is 6.37. The molecule has 21 heavy (non-hydrogen) atoms. The first-order chi connectivity index (χ1) is 9.90. The lowest BCUT2D eigenvalue weighted by Crippen LogP contribution is -2.40. The summed E-state index contributed by atoms with van der Waals surface area (Å²) in [6.45, 7) is 3.49. The maximum Gasteiger partial charge on any atom is 0.227 e. The second-order valence-electron chi connectivity index (χ2n) is 5.28. The lowest BCUT2D eigenvalue weighted by molar-refractivity contribution is -0.123. The molecule has 1 heterocycles. The van der Waals surface area contributed by atoms with Crippen LogP contribution < -0.4 is 5.32 Å². The Kier molecular flexibility index (Phi) is 4.75. The molecule has 2 rings (SSSR count). The summed E-state index contributed by atoms with van der Waals surface area (Å²) < 4.78 is 12.9. The zero-order valence-electron chi connectivity index (χ0n) is 12.0. The standard InChI is InChI=1S/C16H18FNO2S/c1-11(12-7-8-21-9-12)15(19)18-10-16(2,20)13-3-5-14(17)6-4-13/h3-9,11,20H,10H2,1-2H3,(H,18,19). The van der Waals surface area contributed by atoms with Crippen LogP contribution in [0.4, 0.5) is 4.39 Å². The molecule has 3 nitrogen and oxygen atoms in total. The highest BCUT2D eigenvalue weighted by molar-refractivity contribution is 7.08. The van der Waals surface area contributed by atoms with Gasteiger partial charge in [0.25, 0.3) is 0 Å². The van der Waals surface area contributed by atoms with Crippen molar-refractivity contribution in [2.75, 3.05) is 6.54 Å². The first-order valence-corrected chi connectivity index (χ1v) is 7.62. The van der Waals surface area contributed by atoms with Gasteiger partial charge in [-0.3, -0.25) is 4.79 Å². The van der Waals surface area contributed by atoms with Gasteiger partial charge in [0.2, 0.25) is 5.91 Å². The number of aliphatic hydroxyl groups is 1. The highest BCUT2D eigenvalue weighted by atomic mass is 32.1. The Morgan fingerprint density at radius 1 is 1.38 bits per heavy atom. The average molecular weight is 307 g/mol. The normalized spacial score (nSPS) is 15.2. The van der Waals surface area contributed by atoms with Crippen LogP contribution in [0, 0.1) is 5.82 Å². The minimum atomic E-state index is -1.24. The van der Waals surface area contributed by atoms with Gasteiger partial charge in [0.1, 0.15) is 11.4 Å². The Bertz CT molecular complexity index is 593. The third-order valence-electron chi connectivity index (χ3n) is 3.51. The lowest BCUT2D eigenvalue weighted by atomic mass is 9.95. The van der Waals surface area contributed by atoms with E-state index in [9.17, 15) is 14.3 Å². The highest BCUT2D eigenvalue weighted by Gasteiger charge is 2.25. The number of hydrogen-bond donors (Lipinski definition) is 2. The molecule has 1 aromatic heterocycles. The average Bonchev–Trinajstić information content (AvgIpc) is 2.98. The van der Waals surface area contributed by atoms with Crippen LogP contribution in [-0.2, 0) is 10.4 Å². The zero-order chi connectivity index (χ0) is 15.5. The van der Waals surface area contributed by atoms with E-state index in [1.165, 1.54) is 24.3 Å². The summed E-state index contributed by atoms with van der Waals surface area (Å²) in [6.07, 6.45) is 0.